The number of carbonyl (C=O) groups excluding carboxylic acids is 1. The molecule has 0 bridgehead atoms. The summed E-state index contributed by atoms with van der Waals surface area (Å²) < 4.78 is 22.5. The largest absolute Gasteiger partial charge is 0.394 e. The second kappa shape index (κ2) is 15.6. The van der Waals surface area contributed by atoms with E-state index >= 15 is 4.39 Å². The molecule has 0 aliphatic carbocycles. The summed E-state index contributed by atoms with van der Waals surface area (Å²) in [5.41, 5.74) is 12.4. The SMILES string of the molecule is COCCCn1c(C2CCCN(C(=O)CC(N)Cc3ccc(-c4ccc(NCC(O)CO)nc4)cc3)C2)c(C)c2cccc(F)c21. The number of anilines is 1. The van der Waals surface area contributed by atoms with E-state index in [1.54, 1.807) is 19.4 Å². The third-order valence-electron chi connectivity index (χ3n) is 8.94. The highest BCUT2D eigenvalue weighted by Crippen LogP contribution is 2.37. The molecule has 246 valence electrons. The lowest BCUT2D eigenvalue weighted by Crippen LogP contribution is -2.42. The topological polar surface area (TPSA) is 126 Å². The van der Waals surface area contributed by atoms with Gasteiger partial charge in [-0.25, -0.2) is 9.37 Å². The summed E-state index contributed by atoms with van der Waals surface area (Å²) in [6, 6.07) is 16.9. The minimum atomic E-state index is -0.834. The van der Waals surface area contributed by atoms with Crippen LogP contribution in [0.4, 0.5) is 10.2 Å². The number of likely N-dealkylation sites (tertiary alicyclic amines) is 1. The molecule has 5 N–H and O–H groups in total. The van der Waals surface area contributed by atoms with Crippen LogP contribution in [0.15, 0.2) is 60.8 Å². The molecule has 4 aromatic rings. The molecule has 2 aromatic carbocycles. The van der Waals surface area contributed by atoms with Crippen LogP contribution in [0.2, 0.25) is 0 Å². The van der Waals surface area contributed by atoms with Crippen molar-refractivity contribution in [2.45, 2.75) is 63.6 Å². The molecule has 10 heteroatoms. The number of aliphatic hydroxyl groups excluding tert-OH is 2. The maximum Gasteiger partial charge on any atom is 0.224 e. The molecule has 1 aliphatic rings. The number of halogens is 1. The highest BCUT2D eigenvalue weighted by Gasteiger charge is 2.30. The number of nitrogens with two attached hydrogens (primary N) is 1. The molecule has 2 aromatic heterocycles. The number of rotatable bonds is 14. The van der Waals surface area contributed by atoms with Crippen LogP contribution in [0.25, 0.3) is 22.0 Å². The van der Waals surface area contributed by atoms with E-state index in [1.165, 1.54) is 6.07 Å². The number of benzene rings is 2. The highest BCUT2D eigenvalue weighted by atomic mass is 19.1. The van der Waals surface area contributed by atoms with Crippen LogP contribution in [0, 0.1) is 12.7 Å². The van der Waals surface area contributed by atoms with Gasteiger partial charge in [-0.2, -0.15) is 0 Å². The zero-order valence-electron chi connectivity index (χ0n) is 26.8. The van der Waals surface area contributed by atoms with E-state index in [9.17, 15) is 9.90 Å². The van der Waals surface area contributed by atoms with Crippen molar-refractivity contribution in [3.8, 4) is 11.1 Å². The molecule has 0 spiro atoms. The highest BCUT2D eigenvalue weighted by molar-refractivity contribution is 5.86. The van der Waals surface area contributed by atoms with Gasteiger partial charge in [0.2, 0.25) is 5.91 Å². The van der Waals surface area contributed by atoms with E-state index in [-0.39, 0.29) is 43.3 Å². The number of fused-ring (bicyclic) bond motifs is 1. The summed E-state index contributed by atoms with van der Waals surface area (Å²) in [6.45, 7) is 4.57. The molecule has 1 fully saturated rings. The number of amides is 1. The van der Waals surface area contributed by atoms with Crippen LogP contribution in [0.3, 0.4) is 0 Å². The van der Waals surface area contributed by atoms with Crippen LogP contribution in [-0.4, -0.2) is 82.7 Å². The van der Waals surface area contributed by atoms with Crippen molar-refractivity contribution in [1.82, 2.24) is 14.5 Å². The molecule has 1 amide bonds. The van der Waals surface area contributed by atoms with Gasteiger partial charge >= 0.3 is 0 Å². The van der Waals surface area contributed by atoms with Gasteiger partial charge in [-0.15, -0.1) is 0 Å². The third kappa shape index (κ3) is 7.93. The Morgan fingerprint density at radius 3 is 2.67 bits per heavy atom. The second-order valence-electron chi connectivity index (χ2n) is 12.3. The maximum absolute atomic E-state index is 15.1. The van der Waals surface area contributed by atoms with Crippen molar-refractivity contribution in [1.29, 1.82) is 0 Å². The summed E-state index contributed by atoms with van der Waals surface area (Å²) >= 11 is 0. The lowest BCUT2D eigenvalue weighted by atomic mass is 9.91. The van der Waals surface area contributed by atoms with E-state index in [0.717, 1.165) is 52.6 Å². The van der Waals surface area contributed by atoms with Crippen LogP contribution in [-0.2, 0) is 22.5 Å². The van der Waals surface area contributed by atoms with Gasteiger partial charge in [0.05, 0.1) is 18.2 Å². The normalized spacial score (nSPS) is 16.5. The number of pyridine rings is 1. The van der Waals surface area contributed by atoms with Crippen molar-refractivity contribution in [2.75, 3.05) is 45.3 Å². The van der Waals surface area contributed by atoms with E-state index in [0.29, 0.717) is 44.0 Å². The first-order chi connectivity index (χ1) is 22.3. The van der Waals surface area contributed by atoms with Crippen LogP contribution in [0.1, 0.15) is 48.4 Å². The van der Waals surface area contributed by atoms with Crippen molar-refractivity contribution >= 4 is 22.6 Å². The molecule has 46 heavy (non-hydrogen) atoms. The van der Waals surface area contributed by atoms with Gasteiger partial charge in [0.25, 0.3) is 0 Å². The molecule has 3 atom stereocenters. The first-order valence-electron chi connectivity index (χ1n) is 16.2. The molecular formula is C36H46FN5O4. The number of nitrogens with zero attached hydrogens (tertiary/aromatic N) is 3. The number of nitrogens with one attached hydrogen (secondary N) is 1. The molecule has 5 rings (SSSR count). The lowest BCUT2D eigenvalue weighted by molar-refractivity contribution is -0.132. The Hall–Kier alpha value is -3.83. The number of aromatic nitrogens is 2. The minimum Gasteiger partial charge on any atom is -0.394 e. The Kier molecular flexibility index (Phi) is 11.4. The molecule has 3 heterocycles. The number of aliphatic hydroxyl groups is 2. The zero-order valence-corrected chi connectivity index (χ0v) is 26.8. The van der Waals surface area contributed by atoms with E-state index in [1.807, 2.05) is 47.4 Å². The quantitative estimate of drug-likeness (QED) is 0.150. The molecular weight excluding hydrogens is 585 g/mol. The minimum absolute atomic E-state index is 0.0611. The van der Waals surface area contributed by atoms with E-state index in [2.05, 4.69) is 21.8 Å². The molecule has 0 radical (unpaired) electrons. The Balaban J connectivity index is 1.19. The van der Waals surface area contributed by atoms with Crippen molar-refractivity contribution < 1.29 is 24.1 Å². The molecule has 1 saturated heterocycles. The Morgan fingerprint density at radius 2 is 1.96 bits per heavy atom. The van der Waals surface area contributed by atoms with E-state index < -0.39 is 6.10 Å². The third-order valence-corrected chi connectivity index (χ3v) is 8.94. The Bertz CT molecular complexity index is 1590. The summed E-state index contributed by atoms with van der Waals surface area (Å²) in [7, 11) is 1.68. The van der Waals surface area contributed by atoms with Gasteiger partial charge in [0.1, 0.15) is 11.6 Å². The number of ether oxygens (including phenoxy) is 1. The first-order valence-corrected chi connectivity index (χ1v) is 16.2. The van der Waals surface area contributed by atoms with Crippen molar-refractivity contribution in [2.24, 2.45) is 5.73 Å². The van der Waals surface area contributed by atoms with Crippen LogP contribution in [0.5, 0.6) is 0 Å². The number of carbonyl (C=O) groups is 1. The number of aryl methyl sites for hydroxylation is 2. The summed E-state index contributed by atoms with van der Waals surface area (Å²) in [4.78, 5) is 19.8. The smallest absolute Gasteiger partial charge is 0.224 e. The first kappa shape index (κ1) is 33.5. The number of hydrogen-bond donors (Lipinski definition) is 4. The van der Waals surface area contributed by atoms with Gasteiger partial charge in [-0.1, -0.05) is 36.4 Å². The Morgan fingerprint density at radius 1 is 1.17 bits per heavy atom. The number of methoxy groups -OCH3 is 1. The monoisotopic (exact) mass is 631 g/mol. The standard InChI is InChI=1S/C36H46FN5O4/c1-24-31-7-3-8-32(37)36(31)42(16-5-17-46-2)35(24)28-6-4-15-41(22-28)34(45)19-29(38)18-25-9-11-26(12-10-25)27-13-14-33(39-20-27)40-21-30(44)23-43/h3,7-14,20,28-30,43-44H,4-6,15-19,21-23,38H2,1-2H3,(H,39,40). The summed E-state index contributed by atoms with van der Waals surface area (Å²) in [6.07, 6.45) is 4.41. The fourth-order valence-electron chi connectivity index (χ4n) is 6.62. The lowest BCUT2D eigenvalue weighted by Gasteiger charge is -2.34. The Labute approximate surface area is 270 Å². The molecule has 1 aliphatic heterocycles. The summed E-state index contributed by atoms with van der Waals surface area (Å²) in [5.74, 6) is 0.594. The number of hydrogen-bond acceptors (Lipinski definition) is 7. The average molecular weight is 632 g/mol. The second-order valence-corrected chi connectivity index (χ2v) is 12.3. The molecule has 3 unspecified atom stereocenters. The van der Waals surface area contributed by atoms with Crippen LogP contribution >= 0.6 is 0 Å². The number of para-hydroxylation sites is 1. The van der Waals surface area contributed by atoms with Crippen LogP contribution < -0.4 is 11.1 Å². The van der Waals surface area contributed by atoms with Gasteiger partial charge < -0.3 is 35.5 Å². The zero-order chi connectivity index (χ0) is 32.6. The molecule has 0 saturated carbocycles. The fourth-order valence-corrected chi connectivity index (χ4v) is 6.62. The predicted molar refractivity (Wildman–Crippen MR) is 179 cm³/mol. The molecule has 9 nitrogen and oxygen atoms in total. The maximum atomic E-state index is 15.1. The van der Waals surface area contributed by atoms with Gasteiger partial charge in [-0.05, 0) is 67.5 Å². The van der Waals surface area contributed by atoms with Gasteiger partial charge in [0, 0.05) is 81.1 Å². The van der Waals surface area contributed by atoms with Gasteiger partial charge in [-0.3, -0.25) is 4.79 Å². The fraction of sp³-hybridized carbons (Fsp3) is 0.444. The van der Waals surface area contributed by atoms with Crippen molar-refractivity contribution in [3.63, 3.8) is 0 Å². The van der Waals surface area contributed by atoms with E-state index in [4.69, 9.17) is 15.6 Å². The predicted octanol–water partition coefficient (Wildman–Crippen LogP) is 4.62. The summed E-state index contributed by atoms with van der Waals surface area (Å²) in [5, 5.41) is 22.4. The average Bonchev–Trinajstić information content (AvgIpc) is 3.36. The van der Waals surface area contributed by atoms with Crippen molar-refractivity contribution in [3.05, 3.63) is 83.4 Å². The van der Waals surface area contributed by atoms with Gasteiger partial charge in [0.15, 0.2) is 0 Å². The number of piperidine rings is 1.